The van der Waals surface area contributed by atoms with Crippen molar-refractivity contribution in [3.8, 4) is 0 Å². The highest BCUT2D eigenvalue weighted by Gasteiger charge is 2.22. The molecule has 2 aromatic rings. The van der Waals surface area contributed by atoms with Crippen LogP contribution in [0, 0.1) is 6.92 Å². The van der Waals surface area contributed by atoms with Crippen LogP contribution in [0.15, 0.2) is 53.4 Å². The summed E-state index contributed by atoms with van der Waals surface area (Å²) < 4.78 is 25.8. The number of carbonyl (C=O) groups is 1. The zero-order chi connectivity index (χ0) is 17.0. The lowest BCUT2D eigenvalue weighted by Gasteiger charge is -2.17. The molecule has 0 saturated carbocycles. The molecule has 0 aliphatic rings. The third-order valence-corrected chi connectivity index (χ3v) is 5.26. The molecule has 0 unspecified atom stereocenters. The first-order valence-corrected chi connectivity index (χ1v) is 8.69. The Morgan fingerprint density at radius 2 is 1.83 bits per heavy atom. The van der Waals surface area contributed by atoms with Crippen LogP contribution in [0.2, 0.25) is 5.02 Å². The van der Waals surface area contributed by atoms with Gasteiger partial charge in [0, 0.05) is 17.8 Å². The van der Waals surface area contributed by atoms with E-state index in [-0.39, 0.29) is 11.4 Å². The minimum atomic E-state index is -3.70. The van der Waals surface area contributed by atoms with Crippen molar-refractivity contribution in [2.45, 2.75) is 11.8 Å². The van der Waals surface area contributed by atoms with E-state index in [1.165, 1.54) is 19.2 Å². The third kappa shape index (κ3) is 4.54. The molecule has 7 heteroatoms. The summed E-state index contributed by atoms with van der Waals surface area (Å²) in [4.78, 5) is 12.2. The molecular weight excluding hydrogens is 336 g/mol. The maximum atomic E-state index is 12.4. The second kappa shape index (κ2) is 7.12. The number of likely N-dealkylation sites (N-methyl/N-ethyl adjacent to an activating group) is 1. The van der Waals surface area contributed by atoms with Gasteiger partial charge in [0.15, 0.2) is 0 Å². The fraction of sp³-hybridized carbons (Fsp3) is 0.188. The van der Waals surface area contributed by atoms with E-state index < -0.39 is 15.9 Å². The summed E-state index contributed by atoms with van der Waals surface area (Å²) in [6.07, 6.45) is 0. The fourth-order valence-corrected chi connectivity index (χ4v) is 3.26. The van der Waals surface area contributed by atoms with E-state index >= 15 is 0 Å². The Bertz CT molecular complexity index is 804. The molecule has 122 valence electrons. The number of carbonyl (C=O) groups excluding carboxylic acids is 1. The number of anilines is 1. The van der Waals surface area contributed by atoms with Crippen LogP contribution in [0.3, 0.4) is 0 Å². The number of hydrogen-bond donors (Lipinski definition) is 1. The Labute approximate surface area is 140 Å². The Balaban J connectivity index is 2.06. The van der Waals surface area contributed by atoms with Crippen LogP contribution < -0.4 is 5.32 Å². The zero-order valence-electron chi connectivity index (χ0n) is 12.8. The van der Waals surface area contributed by atoms with Crippen molar-refractivity contribution < 1.29 is 13.2 Å². The van der Waals surface area contributed by atoms with E-state index in [1.807, 2.05) is 6.92 Å². The second-order valence-electron chi connectivity index (χ2n) is 5.13. The SMILES string of the molecule is Cc1ccc(S(=O)(=O)N(C)CC(=O)Nc2cccc(Cl)c2)cc1. The Hall–Kier alpha value is -1.89. The van der Waals surface area contributed by atoms with Gasteiger partial charge in [0.1, 0.15) is 0 Å². The van der Waals surface area contributed by atoms with Crippen molar-refractivity contribution in [3.63, 3.8) is 0 Å². The highest BCUT2D eigenvalue weighted by molar-refractivity contribution is 7.89. The monoisotopic (exact) mass is 352 g/mol. The van der Waals surface area contributed by atoms with Crippen LogP contribution in [0.1, 0.15) is 5.56 Å². The molecule has 2 rings (SSSR count). The number of hydrogen-bond acceptors (Lipinski definition) is 3. The predicted molar refractivity (Wildman–Crippen MR) is 91.1 cm³/mol. The molecule has 0 aliphatic carbocycles. The topological polar surface area (TPSA) is 66.5 Å². The van der Waals surface area contributed by atoms with Gasteiger partial charge in [-0.15, -0.1) is 0 Å². The first-order chi connectivity index (χ1) is 10.8. The van der Waals surface area contributed by atoms with Gasteiger partial charge in [-0.05, 0) is 37.3 Å². The Kier molecular flexibility index (Phi) is 5.41. The van der Waals surface area contributed by atoms with Crippen molar-refractivity contribution in [3.05, 3.63) is 59.1 Å². The van der Waals surface area contributed by atoms with Gasteiger partial charge in [0.05, 0.1) is 11.4 Å². The number of benzene rings is 2. The first kappa shape index (κ1) is 17.5. The molecule has 1 amide bonds. The molecule has 2 aromatic carbocycles. The van der Waals surface area contributed by atoms with Gasteiger partial charge in [-0.25, -0.2) is 8.42 Å². The van der Waals surface area contributed by atoms with Crippen molar-refractivity contribution in [2.75, 3.05) is 18.9 Å². The lowest BCUT2D eigenvalue weighted by Crippen LogP contribution is -2.34. The molecule has 23 heavy (non-hydrogen) atoms. The highest BCUT2D eigenvalue weighted by atomic mass is 35.5. The lowest BCUT2D eigenvalue weighted by atomic mass is 10.2. The van der Waals surface area contributed by atoms with E-state index in [0.717, 1.165) is 9.87 Å². The highest BCUT2D eigenvalue weighted by Crippen LogP contribution is 2.17. The van der Waals surface area contributed by atoms with Crippen LogP contribution in [0.5, 0.6) is 0 Å². The van der Waals surface area contributed by atoms with Crippen molar-refractivity contribution >= 4 is 33.2 Å². The molecular formula is C16H17ClN2O3S. The summed E-state index contributed by atoms with van der Waals surface area (Å²) in [6.45, 7) is 1.58. The predicted octanol–water partition coefficient (Wildman–Crippen LogP) is 2.91. The molecule has 0 atom stereocenters. The number of rotatable bonds is 5. The smallest absolute Gasteiger partial charge is 0.243 e. The van der Waals surface area contributed by atoms with E-state index in [2.05, 4.69) is 5.32 Å². The van der Waals surface area contributed by atoms with Crippen LogP contribution >= 0.6 is 11.6 Å². The van der Waals surface area contributed by atoms with Gasteiger partial charge < -0.3 is 5.32 Å². The fourth-order valence-electron chi connectivity index (χ4n) is 1.94. The summed E-state index contributed by atoms with van der Waals surface area (Å²) >= 11 is 5.84. The van der Waals surface area contributed by atoms with Gasteiger partial charge in [0.2, 0.25) is 15.9 Å². The first-order valence-electron chi connectivity index (χ1n) is 6.87. The van der Waals surface area contributed by atoms with Gasteiger partial charge in [-0.3, -0.25) is 4.79 Å². The molecule has 0 aliphatic heterocycles. The van der Waals surface area contributed by atoms with E-state index in [0.29, 0.717) is 10.7 Å². The quantitative estimate of drug-likeness (QED) is 0.899. The maximum Gasteiger partial charge on any atom is 0.243 e. The molecule has 0 radical (unpaired) electrons. The third-order valence-electron chi connectivity index (χ3n) is 3.20. The molecule has 0 spiro atoms. The summed E-state index contributed by atoms with van der Waals surface area (Å²) in [5.74, 6) is -0.439. The number of sulfonamides is 1. The lowest BCUT2D eigenvalue weighted by molar-refractivity contribution is -0.116. The number of aryl methyl sites for hydroxylation is 1. The van der Waals surface area contributed by atoms with Crippen molar-refractivity contribution in [2.24, 2.45) is 0 Å². The average molecular weight is 353 g/mol. The van der Waals surface area contributed by atoms with Gasteiger partial charge in [-0.1, -0.05) is 35.4 Å². The minimum absolute atomic E-state index is 0.154. The van der Waals surface area contributed by atoms with E-state index in [9.17, 15) is 13.2 Å². The molecule has 0 heterocycles. The van der Waals surface area contributed by atoms with E-state index in [1.54, 1.807) is 36.4 Å². The Morgan fingerprint density at radius 3 is 2.43 bits per heavy atom. The summed E-state index contributed by atoms with van der Waals surface area (Å²) in [6, 6.07) is 13.1. The van der Waals surface area contributed by atoms with Crippen LogP contribution in [-0.2, 0) is 14.8 Å². The molecule has 0 saturated heterocycles. The average Bonchev–Trinajstić information content (AvgIpc) is 2.47. The van der Waals surface area contributed by atoms with Crippen LogP contribution in [0.25, 0.3) is 0 Å². The van der Waals surface area contributed by atoms with Gasteiger partial charge >= 0.3 is 0 Å². The molecule has 5 nitrogen and oxygen atoms in total. The van der Waals surface area contributed by atoms with Crippen molar-refractivity contribution in [1.29, 1.82) is 0 Å². The largest absolute Gasteiger partial charge is 0.325 e. The minimum Gasteiger partial charge on any atom is -0.325 e. The van der Waals surface area contributed by atoms with Gasteiger partial charge in [0.25, 0.3) is 0 Å². The molecule has 1 N–H and O–H groups in total. The normalized spacial score (nSPS) is 11.5. The standard InChI is InChI=1S/C16H17ClN2O3S/c1-12-6-8-15(9-7-12)23(21,22)19(2)11-16(20)18-14-5-3-4-13(17)10-14/h3-10H,11H2,1-2H3,(H,18,20). The molecule has 0 bridgehead atoms. The number of nitrogens with one attached hydrogen (secondary N) is 1. The number of halogens is 1. The molecule has 0 fully saturated rings. The van der Waals surface area contributed by atoms with Crippen molar-refractivity contribution in [1.82, 2.24) is 4.31 Å². The number of amides is 1. The summed E-state index contributed by atoms with van der Waals surface area (Å²) in [7, 11) is -2.34. The summed E-state index contributed by atoms with van der Waals surface area (Å²) in [5.41, 5.74) is 1.48. The van der Waals surface area contributed by atoms with E-state index in [4.69, 9.17) is 11.6 Å². The van der Waals surface area contributed by atoms with Crippen LogP contribution in [-0.4, -0.2) is 32.2 Å². The summed E-state index contributed by atoms with van der Waals surface area (Å²) in [5, 5.41) is 3.11. The molecule has 0 aromatic heterocycles. The Morgan fingerprint density at radius 1 is 1.17 bits per heavy atom. The number of nitrogens with zero attached hydrogens (tertiary/aromatic N) is 1. The zero-order valence-corrected chi connectivity index (χ0v) is 14.4. The maximum absolute atomic E-state index is 12.4. The van der Waals surface area contributed by atoms with Gasteiger partial charge in [-0.2, -0.15) is 4.31 Å². The second-order valence-corrected chi connectivity index (χ2v) is 7.61. The van der Waals surface area contributed by atoms with Crippen LogP contribution in [0.4, 0.5) is 5.69 Å².